The molecule has 39 heavy (non-hydrogen) atoms. The van der Waals surface area contributed by atoms with Gasteiger partial charge in [-0.1, -0.05) is 19.1 Å². The summed E-state index contributed by atoms with van der Waals surface area (Å²) in [7, 11) is 2.80. The number of amides is 1. The molecule has 3 aliphatic rings. The number of aliphatic hydroxyl groups is 3. The van der Waals surface area contributed by atoms with Crippen molar-refractivity contribution in [2.75, 3.05) is 14.1 Å². The topological polar surface area (TPSA) is 225 Å². The lowest BCUT2D eigenvalue weighted by atomic mass is 9.54. The van der Waals surface area contributed by atoms with Crippen LogP contribution in [0.4, 0.5) is 0 Å². The van der Waals surface area contributed by atoms with Gasteiger partial charge in [0.2, 0.25) is 5.78 Å². The lowest BCUT2D eigenvalue weighted by molar-refractivity contribution is -0.185. The number of carboxylic acids is 1. The molecule has 1 aromatic carbocycles. The Morgan fingerprint density at radius 1 is 1.10 bits per heavy atom. The first-order chi connectivity index (χ1) is 18.2. The van der Waals surface area contributed by atoms with Gasteiger partial charge >= 0.3 is 11.9 Å². The quantitative estimate of drug-likeness (QED) is 0.204. The van der Waals surface area contributed by atoms with E-state index in [1.807, 2.05) is 0 Å². The summed E-state index contributed by atoms with van der Waals surface area (Å²) in [5.41, 5.74) is 0.990. The molecule has 13 nitrogen and oxygen atoms in total. The number of phenolic OH excluding ortho intramolecular Hbond substituents is 1. The van der Waals surface area contributed by atoms with Crippen LogP contribution in [0.2, 0.25) is 0 Å². The fraction of sp³-hybridized carbons (Fsp3) is 0.423. The number of hydrogen-bond donors (Lipinski definition) is 6. The van der Waals surface area contributed by atoms with E-state index in [1.165, 1.54) is 31.1 Å². The number of benzene rings is 1. The summed E-state index contributed by atoms with van der Waals surface area (Å²) >= 11 is 0. The molecule has 0 saturated heterocycles. The van der Waals surface area contributed by atoms with Crippen LogP contribution in [0, 0.1) is 11.8 Å². The number of ether oxygens (including phenoxy) is 1. The predicted octanol–water partition coefficient (Wildman–Crippen LogP) is -0.0885. The Balaban J connectivity index is 2.05. The number of ketones is 2. The van der Waals surface area contributed by atoms with E-state index >= 15 is 0 Å². The molecule has 13 heteroatoms. The number of esters is 1. The molecule has 7 N–H and O–H groups in total. The molecule has 6 atom stereocenters. The molecule has 1 saturated carbocycles. The van der Waals surface area contributed by atoms with E-state index in [1.54, 1.807) is 13.0 Å². The predicted molar refractivity (Wildman–Crippen MR) is 131 cm³/mol. The molecule has 0 heterocycles. The highest BCUT2D eigenvalue weighted by Crippen LogP contribution is 2.56. The number of nitrogens with zero attached hydrogens (tertiary/aromatic N) is 1. The number of carbonyl (C=O) groups excluding carboxylic acids is 4. The van der Waals surface area contributed by atoms with E-state index in [9.17, 15) is 44.4 Å². The molecular formula is C26H28N2O11. The van der Waals surface area contributed by atoms with Gasteiger partial charge in [-0.15, -0.1) is 0 Å². The average Bonchev–Trinajstić information content (AvgIpc) is 2.84. The van der Waals surface area contributed by atoms with Crippen LogP contribution >= 0.6 is 0 Å². The third-order valence-electron chi connectivity index (χ3n) is 7.78. The Morgan fingerprint density at radius 2 is 1.74 bits per heavy atom. The van der Waals surface area contributed by atoms with Crippen LogP contribution in [0.5, 0.6) is 5.75 Å². The zero-order chi connectivity index (χ0) is 29.1. The van der Waals surface area contributed by atoms with Crippen molar-refractivity contribution in [1.82, 2.24) is 4.90 Å². The molecule has 4 rings (SSSR count). The van der Waals surface area contributed by atoms with Crippen molar-refractivity contribution in [3.05, 3.63) is 46.2 Å². The van der Waals surface area contributed by atoms with Crippen LogP contribution in [-0.4, -0.2) is 91.7 Å². The Labute approximate surface area is 221 Å². The second-order valence-corrected chi connectivity index (χ2v) is 10.1. The standard InChI is InChI=1S/C26H28N2O11/c1-9-10-5-4-6-11(29)15(10)20(33)16-14(9)22(39-13(32)8-7-12(30)31)18-19(28(2)3)21(34)17(25(27)37)24(36)26(18,38)23(16)35/h4-6,9,14,18-19,22,29,33,36,38H,7-8H2,1-3H3,(H2,27,37)(H,30,31)/t9-,14+,18-,19-,22-,26+/m1/s1. The number of hydrogen-bond acceptors (Lipinski definition) is 11. The maximum Gasteiger partial charge on any atom is 0.306 e. The fourth-order valence-corrected chi connectivity index (χ4v) is 6.11. The number of phenols is 1. The van der Waals surface area contributed by atoms with Gasteiger partial charge in [0.25, 0.3) is 5.91 Å². The highest BCUT2D eigenvalue weighted by Gasteiger charge is 2.69. The number of aliphatic hydroxyl groups excluding tert-OH is 2. The molecule has 1 aromatic rings. The molecule has 0 unspecified atom stereocenters. The van der Waals surface area contributed by atoms with Crippen molar-refractivity contribution >= 4 is 35.2 Å². The SMILES string of the molecule is C[C@@H]1c2cccc(O)c2C(O)=C2C(=O)[C@]3(O)C(O)=C(C(N)=O)C(=O)[C@H](N(C)C)[C@@H]3[C@H](OC(=O)CCC(=O)O)[C@H]21. The summed E-state index contributed by atoms with van der Waals surface area (Å²) < 4.78 is 5.68. The smallest absolute Gasteiger partial charge is 0.306 e. The van der Waals surface area contributed by atoms with Crippen LogP contribution in [-0.2, 0) is 28.7 Å². The lowest BCUT2D eigenvalue weighted by Gasteiger charge is -2.54. The molecule has 0 radical (unpaired) electrons. The Kier molecular flexibility index (Phi) is 6.77. The minimum atomic E-state index is -3.06. The number of aliphatic carboxylic acids is 1. The summed E-state index contributed by atoms with van der Waals surface area (Å²) in [5, 5.41) is 53.7. The van der Waals surface area contributed by atoms with E-state index in [2.05, 4.69) is 0 Å². The molecule has 0 aromatic heterocycles. The molecule has 3 aliphatic carbocycles. The highest BCUT2D eigenvalue weighted by molar-refractivity contribution is 6.24. The maximum absolute atomic E-state index is 14.0. The number of primary amides is 1. The molecule has 0 bridgehead atoms. The van der Waals surface area contributed by atoms with Crippen molar-refractivity contribution in [2.45, 2.75) is 43.4 Å². The molecule has 0 aliphatic heterocycles. The van der Waals surface area contributed by atoms with Gasteiger partial charge in [-0.2, -0.15) is 0 Å². The number of carboxylic acid groups (broad SMARTS) is 1. The number of aromatic hydroxyl groups is 1. The summed E-state index contributed by atoms with van der Waals surface area (Å²) in [5.74, 6) is -12.2. The van der Waals surface area contributed by atoms with Crippen molar-refractivity contribution in [2.24, 2.45) is 17.6 Å². The summed E-state index contributed by atoms with van der Waals surface area (Å²) in [4.78, 5) is 64.8. The van der Waals surface area contributed by atoms with Gasteiger partial charge in [0.15, 0.2) is 11.4 Å². The molecule has 208 valence electrons. The number of fused-ring (bicyclic) bond motifs is 3. The monoisotopic (exact) mass is 544 g/mol. The Morgan fingerprint density at radius 3 is 2.31 bits per heavy atom. The summed E-state index contributed by atoms with van der Waals surface area (Å²) in [6, 6.07) is 2.81. The third kappa shape index (κ3) is 3.96. The van der Waals surface area contributed by atoms with Gasteiger partial charge in [-0.25, -0.2) is 0 Å². The largest absolute Gasteiger partial charge is 0.508 e. The van der Waals surface area contributed by atoms with Gasteiger partial charge in [0.1, 0.15) is 28.9 Å². The minimum Gasteiger partial charge on any atom is -0.508 e. The van der Waals surface area contributed by atoms with Crippen LogP contribution < -0.4 is 5.73 Å². The fourth-order valence-electron chi connectivity index (χ4n) is 6.11. The van der Waals surface area contributed by atoms with Gasteiger partial charge in [0, 0.05) is 11.5 Å². The van der Waals surface area contributed by atoms with Crippen LogP contribution in [0.25, 0.3) is 5.76 Å². The zero-order valence-electron chi connectivity index (χ0n) is 21.2. The van der Waals surface area contributed by atoms with E-state index in [0.29, 0.717) is 5.56 Å². The normalized spacial score (nSPS) is 30.0. The van der Waals surface area contributed by atoms with E-state index in [0.717, 1.165) is 0 Å². The van der Waals surface area contributed by atoms with Gasteiger partial charge < -0.3 is 36.0 Å². The minimum absolute atomic E-state index is 0.114. The molecule has 1 amide bonds. The first-order valence-electron chi connectivity index (χ1n) is 12.0. The van der Waals surface area contributed by atoms with Gasteiger partial charge in [-0.3, -0.25) is 28.9 Å². The van der Waals surface area contributed by atoms with Crippen molar-refractivity contribution in [1.29, 1.82) is 0 Å². The number of Topliss-reactive ketones (excluding diaryl/α,β-unsaturated/α-hetero) is 2. The average molecular weight is 545 g/mol. The first-order valence-corrected chi connectivity index (χ1v) is 12.0. The number of likely N-dealkylation sites (N-methyl/N-ethyl adjacent to an activating group) is 1. The van der Waals surface area contributed by atoms with Gasteiger partial charge in [-0.05, 0) is 31.6 Å². The van der Waals surface area contributed by atoms with E-state index in [4.69, 9.17) is 15.6 Å². The highest BCUT2D eigenvalue weighted by atomic mass is 16.5. The Hall–Kier alpha value is -4.23. The van der Waals surface area contributed by atoms with E-state index in [-0.39, 0.29) is 11.3 Å². The summed E-state index contributed by atoms with van der Waals surface area (Å²) in [6.07, 6.45) is -2.79. The zero-order valence-corrected chi connectivity index (χ0v) is 21.2. The van der Waals surface area contributed by atoms with Crippen LogP contribution in [0.15, 0.2) is 35.1 Å². The number of rotatable bonds is 6. The molecule has 0 spiro atoms. The number of carbonyl (C=O) groups is 5. The second kappa shape index (κ2) is 9.50. The van der Waals surface area contributed by atoms with Crippen molar-refractivity contribution in [3.8, 4) is 5.75 Å². The van der Waals surface area contributed by atoms with Gasteiger partial charge in [0.05, 0.1) is 30.4 Å². The third-order valence-corrected chi connectivity index (χ3v) is 7.78. The van der Waals surface area contributed by atoms with Crippen molar-refractivity contribution < 1.29 is 54.2 Å². The molecular weight excluding hydrogens is 516 g/mol. The van der Waals surface area contributed by atoms with Crippen LogP contribution in [0.3, 0.4) is 0 Å². The van der Waals surface area contributed by atoms with Crippen LogP contribution in [0.1, 0.15) is 36.8 Å². The maximum atomic E-state index is 14.0. The first kappa shape index (κ1) is 27.8. The van der Waals surface area contributed by atoms with Crippen molar-refractivity contribution in [3.63, 3.8) is 0 Å². The summed E-state index contributed by atoms with van der Waals surface area (Å²) in [6.45, 7) is 1.62. The second-order valence-electron chi connectivity index (χ2n) is 10.1. The lowest BCUT2D eigenvalue weighted by Crippen LogP contribution is -2.71. The number of nitrogens with two attached hydrogens (primary N) is 1. The Bertz CT molecular complexity index is 1380. The molecule has 1 fully saturated rings. The van der Waals surface area contributed by atoms with E-state index < -0.39 is 100 Å².